The first kappa shape index (κ1) is 57.6. The Morgan fingerprint density at radius 2 is 0.848 bits per heavy atom. The topological polar surface area (TPSA) is 14.8 Å². The Morgan fingerprint density at radius 1 is 0.333 bits per heavy atom. The zero-order valence-electron chi connectivity index (χ0n) is 55.4. The largest absolute Gasteiger partial charge is 0.309 e. The van der Waals surface area contributed by atoms with Crippen molar-refractivity contribution in [3.8, 4) is 50.4 Å². The van der Waals surface area contributed by atoms with Crippen molar-refractivity contribution < 1.29 is 0 Å². The summed E-state index contributed by atoms with van der Waals surface area (Å²) in [5, 5.41) is 15.6. The molecule has 15 aromatic carbocycles. The van der Waals surface area contributed by atoms with Gasteiger partial charge in [0.25, 0.3) is 0 Å². The number of allylic oxidation sites excluding steroid dienone is 2. The van der Waals surface area contributed by atoms with Crippen LogP contribution in [0.25, 0.3) is 160 Å². The van der Waals surface area contributed by atoms with Gasteiger partial charge in [-0.3, -0.25) is 0 Å². The smallest absolute Gasteiger partial charge is 0.111 e. The third-order valence-electron chi connectivity index (χ3n) is 22.3. The van der Waals surface area contributed by atoms with Gasteiger partial charge in [-0.05, 0) is 209 Å². The van der Waals surface area contributed by atoms with Crippen LogP contribution in [-0.2, 0) is 17.3 Å². The minimum atomic E-state index is -0.128. The highest BCUT2D eigenvalue weighted by Gasteiger charge is 2.42. The molecule has 99 heavy (non-hydrogen) atoms. The van der Waals surface area contributed by atoms with E-state index >= 15 is 0 Å². The van der Waals surface area contributed by atoms with E-state index in [0.29, 0.717) is 0 Å². The van der Waals surface area contributed by atoms with Crippen LogP contribution < -0.4 is 0 Å². The second-order valence-electron chi connectivity index (χ2n) is 28.3. The van der Waals surface area contributed by atoms with Crippen LogP contribution >= 0.6 is 15.9 Å². The SMILES string of the molecule is Brc1ccc2c(c1)c1ccccc1n2-c1ccccc1.CC1(C)c2cc3c(cc2-c2ccc4c(c21)C=C[C+]=C4)Cc1ccc2ccccc2c1-3.CC1(C)c2cc3c4c5ccccc5ccc4n(-c4ccc5c(c4)c4ccccc4n5-c4ccccc4)c3cc2-c2ccc3ccccc3c21. The standard InChI is InChI=1S/C47H32N2.C30H21.C18H12BrN/c1-47(2)40-27-39-44(28-37(40)36-23-20-30-13-7-9-17-34(30)46(36)47)49(43-24-21-29-12-6-8-16-33(29)45(39)43)32-22-25-42-38(26-32)35-18-10-11-19-41(35)48(42)31-14-4-3-5-15-31;1-30(2)27-17-25-21(15-20-12-11-18-7-3-5-9-22(18)28(20)25)16-26(27)24-14-13-19-8-4-6-10-23(19)29(24)30;19-13-10-11-18-16(12-13)15-8-4-5-9-17(15)20(18)14-6-2-1-3-7-14/h3-28H,1-2H3;3,5-14,16-17H,15H2,1-2H3;1-12H/q;+1;. The van der Waals surface area contributed by atoms with E-state index in [1.165, 1.54) is 193 Å². The fourth-order valence-electron chi connectivity index (χ4n) is 17.9. The van der Waals surface area contributed by atoms with Crippen molar-refractivity contribution in [2.24, 2.45) is 0 Å². The minimum absolute atomic E-state index is 0.0199. The van der Waals surface area contributed by atoms with Crippen LogP contribution in [0.15, 0.2) is 302 Å². The van der Waals surface area contributed by atoms with Crippen LogP contribution in [0.2, 0.25) is 0 Å². The summed E-state index contributed by atoms with van der Waals surface area (Å²) in [7, 11) is 0. The molecule has 3 heterocycles. The fraction of sp³-hybridized carbons (Fsp3) is 0.0737. The molecule has 0 atom stereocenters. The monoisotopic (exact) mass is 1330 g/mol. The van der Waals surface area contributed by atoms with Gasteiger partial charge < -0.3 is 13.7 Å². The van der Waals surface area contributed by atoms with E-state index in [1.807, 2.05) is 12.1 Å². The summed E-state index contributed by atoms with van der Waals surface area (Å²) in [6.07, 6.45) is 10.7. The quantitative estimate of drug-likeness (QED) is 0.157. The van der Waals surface area contributed by atoms with Gasteiger partial charge in [0.2, 0.25) is 0 Å². The van der Waals surface area contributed by atoms with Crippen LogP contribution in [0, 0.1) is 6.08 Å². The average molecular weight is 1330 g/mol. The second kappa shape index (κ2) is 21.7. The molecule has 4 aliphatic carbocycles. The number of rotatable bonds is 3. The van der Waals surface area contributed by atoms with Gasteiger partial charge in [-0.15, -0.1) is 0 Å². The zero-order valence-corrected chi connectivity index (χ0v) is 57.0. The molecular formula is C95H65BrN3+. The third-order valence-corrected chi connectivity index (χ3v) is 22.7. The number of nitrogens with zero attached hydrogens (tertiary/aromatic N) is 3. The maximum atomic E-state index is 3.57. The molecule has 0 unspecified atom stereocenters. The molecule has 3 aromatic heterocycles. The van der Waals surface area contributed by atoms with Gasteiger partial charge in [0.05, 0.1) is 50.3 Å². The lowest BCUT2D eigenvalue weighted by Gasteiger charge is -2.23. The molecule has 3 nitrogen and oxygen atoms in total. The summed E-state index contributed by atoms with van der Waals surface area (Å²) in [6, 6.07) is 107. The van der Waals surface area contributed by atoms with E-state index in [1.54, 1.807) is 0 Å². The highest BCUT2D eigenvalue weighted by atomic mass is 79.9. The molecule has 0 amide bonds. The van der Waals surface area contributed by atoms with Crippen molar-refractivity contribution in [1.29, 1.82) is 0 Å². The summed E-state index contributed by atoms with van der Waals surface area (Å²) in [5.41, 5.74) is 30.5. The minimum Gasteiger partial charge on any atom is -0.309 e. The van der Waals surface area contributed by atoms with Crippen LogP contribution in [0.5, 0.6) is 0 Å². The Labute approximate surface area is 583 Å². The molecule has 0 fully saturated rings. The summed E-state index contributed by atoms with van der Waals surface area (Å²) in [6.45, 7) is 9.59. The normalized spacial score (nSPS) is 13.9. The highest BCUT2D eigenvalue weighted by molar-refractivity contribution is 9.10. The lowest BCUT2D eigenvalue weighted by molar-refractivity contribution is 0.659. The molecule has 4 aliphatic rings. The van der Waals surface area contributed by atoms with E-state index in [4.69, 9.17) is 0 Å². The molecule has 22 rings (SSSR count). The summed E-state index contributed by atoms with van der Waals surface area (Å²) in [5.74, 6) is 0. The Hall–Kier alpha value is -11.7. The molecule has 0 aliphatic heterocycles. The van der Waals surface area contributed by atoms with Crippen LogP contribution in [0.4, 0.5) is 0 Å². The number of fused-ring (bicyclic) bond motifs is 26. The Kier molecular flexibility index (Phi) is 12.6. The number of aromatic nitrogens is 3. The van der Waals surface area contributed by atoms with E-state index in [9.17, 15) is 0 Å². The van der Waals surface area contributed by atoms with Crippen molar-refractivity contribution in [1.82, 2.24) is 13.7 Å². The van der Waals surface area contributed by atoms with Gasteiger partial charge >= 0.3 is 0 Å². The lowest BCUT2D eigenvalue weighted by Crippen LogP contribution is -2.17. The summed E-state index contributed by atoms with van der Waals surface area (Å²) < 4.78 is 8.33. The van der Waals surface area contributed by atoms with Crippen LogP contribution in [-0.4, -0.2) is 13.7 Å². The maximum absolute atomic E-state index is 3.57. The van der Waals surface area contributed by atoms with Gasteiger partial charge in [0.1, 0.15) is 12.2 Å². The predicted octanol–water partition coefficient (Wildman–Crippen LogP) is 25.6. The number of hydrogen-bond donors (Lipinski definition) is 0. The molecule has 0 saturated carbocycles. The van der Waals surface area contributed by atoms with Gasteiger partial charge in [-0.25, -0.2) is 0 Å². The first-order chi connectivity index (χ1) is 48.5. The second-order valence-corrected chi connectivity index (χ2v) is 29.2. The Balaban J connectivity index is 0.000000112. The number of halogens is 1. The molecule has 4 heteroatoms. The van der Waals surface area contributed by atoms with Crippen LogP contribution in [0.1, 0.15) is 72.2 Å². The number of hydrogen-bond acceptors (Lipinski definition) is 0. The molecule has 18 aromatic rings. The zero-order chi connectivity index (χ0) is 66.0. The molecule has 466 valence electrons. The summed E-state index contributed by atoms with van der Waals surface area (Å²) in [4.78, 5) is 0. The van der Waals surface area contributed by atoms with E-state index in [0.717, 1.165) is 10.9 Å². The molecule has 0 spiro atoms. The Bertz CT molecular complexity index is 6560. The van der Waals surface area contributed by atoms with Gasteiger partial charge in [0.15, 0.2) is 0 Å². The summed E-state index contributed by atoms with van der Waals surface area (Å²) >= 11 is 3.57. The van der Waals surface area contributed by atoms with Gasteiger partial charge in [0, 0.05) is 82.4 Å². The predicted molar refractivity (Wildman–Crippen MR) is 423 cm³/mol. The Morgan fingerprint density at radius 3 is 1.57 bits per heavy atom. The fourth-order valence-corrected chi connectivity index (χ4v) is 18.3. The van der Waals surface area contributed by atoms with Crippen LogP contribution in [0.3, 0.4) is 0 Å². The van der Waals surface area contributed by atoms with Crippen molar-refractivity contribution in [3.05, 3.63) is 352 Å². The third kappa shape index (κ3) is 8.53. The number of para-hydroxylation sites is 4. The number of benzene rings is 15. The van der Waals surface area contributed by atoms with Gasteiger partial charge in [-0.1, -0.05) is 220 Å². The molecule has 0 radical (unpaired) electrons. The van der Waals surface area contributed by atoms with E-state index in [2.05, 4.69) is 361 Å². The van der Waals surface area contributed by atoms with Crippen molar-refractivity contribution >= 4 is 126 Å². The van der Waals surface area contributed by atoms with Crippen molar-refractivity contribution in [3.63, 3.8) is 0 Å². The first-order valence-electron chi connectivity index (χ1n) is 34.5. The molecule has 0 bridgehead atoms. The highest BCUT2D eigenvalue weighted by Crippen LogP contribution is 2.57. The first-order valence-corrected chi connectivity index (χ1v) is 35.3. The maximum Gasteiger partial charge on any atom is 0.111 e. The van der Waals surface area contributed by atoms with E-state index in [-0.39, 0.29) is 10.8 Å². The van der Waals surface area contributed by atoms with Crippen molar-refractivity contribution in [2.45, 2.75) is 44.9 Å². The van der Waals surface area contributed by atoms with Crippen molar-refractivity contribution in [2.75, 3.05) is 0 Å². The molecule has 0 saturated heterocycles. The molecule has 0 N–H and O–H groups in total. The van der Waals surface area contributed by atoms with E-state index < -0.39 is 0 Å². The van der Waals surface area contributed by atoms with Gasteiger partial charge in [-0.2, -0.15) is 0 Å². The average Bonchev–Trinajstić information content (AvgIpc) is 1.53. The molecular weight excluding hydrogens is 1260 g/mol. The lowest BCUT2D eigenvalue weighted by atomic mass is 9.78.